The Balaban J connectivity index is 0. The van der Waals surface area contributed by atoms with E-state index in [9.17, 15) is 9.46 Å². The van der Waals surface area contributed by atoms with Crippen molar-refractivity contribution in [3.8, 4) is 0 Å². The number of hydrogen-bond donors (Lipinski definition) is 2. The highest BCUT2D eigenvalue weighted by Gasteiger charge is 2.24. The third-order valence-electron chi connectivity index (χ3n) is 4.54. The maximum atomic E-state index is 11.9. The summed E-state index contributed by atoms with van der Waals surface area (Å²) in [5.41, 5.74) is 0. The molecule has 2 atom stereocenters. The zero-order chi connectivity index (χ0) is 20.3. The Labute approximate surface area is 162 Å². The van der Waals surface area contributed by atoms with Crippen molar-refractivity contribution in [2.24, 2.45) is 11.8 Å². The smallest absolute Gasteiger partial charge is 0.396 e. The Morgan fingerprint density at radius 3 is 1.38 bits per heavy atom. The highest BCUT2D eigenvalue weighted by atomic mass is 31.2. The van der Waals surface area contributed by atoms with E-state index >= 15 is 0 Å². The van der Waals surface area contributed by atoms with Crippen molar-refractivity contribution in [2.75, 3.05) is 19.8 Å². The van der Waals surface area contributed by atoms with Gasteiger partial charge in [-0.25, -0.2) is 4.57 Å². The molecule has 0 saturated carbocycles. The first-order valence-electron chi connectivity index (χ1n) is 10.6. The van der Waals surface area contributed by atoms with Gasteiger partial charge in [0.2, 0.25) is 0 Å². The zero-order valence-corrected chi connectivity index (χ0v) is 18.8. The minimum absolute atomic E-state index is 0.316. The van der Waals surface area contributed by atoms with Crippen molar-refractivity contribution < 1.29 is 23.6 Å². The molecular weight excluding hydrogens is 351 g/mol. The second-order valence-corrected chi connectivity index (χ2v) is 8.42. The second-order valence-electron chi connectivity index (χ2n) is 6.97. The lowest BCUT2D eigenvalue weighted by Gasteiger charge is -2.20. The first kappa shape index (κ1) is 28.3. The van der Waals surface area contributed by atoms with E-state index < -0.39 is 7.82 Å². The summed E-state index contributed by atoms with van der Waals surface area (Å²) in [5.74, 6) is 0.687. The Hall–Kier alpha value is 0.0700. The lowest BCUT2D eigenvalue weighted by atomic mass is 10.0. The van der Waals surface area contributed by atoms with E-state index in [4.69, 9.17) is 14.2 Å². The summed E-state index contributed by atoms with van der Waals surface area (Å²) >= 11 is 0. The molecule has 0 aliphatic heterocycles. The molecule has 0 aromatic heterocycles. The Morgan fingerprint density at radius 2 is 1.15 bits per heavy atom. The topological polar surface area (TPSA) is 76.0 Å². The third-order valence-corrected chi connectivity index (χ3v) is 5.50. The van der Waals surface area contributed by atoms with Gasteiger partial charge in [0.05, 0.1) is 13.2 Å². The molecule has 0 aromatic carbocycles. The normalized spacial score (nSPS) is 15.7. The summed E-state index contributed by atoms with van der Waals surface area (Å²) in [6.07, 6.45) is 10.6. The maximum Gasteiger partial charge on any atom is 0.472 e. The molecule has 5 nitrogen and oxygen atoms in total. The van der Waals surface area contributed by atoms with Gasteiger partial charge in [0, 0.05) is 6.61 Å². The van der Waals surface area contributed by atoms with Gasteiger partial charge in [-0.15, -0.1) is 0 Å². The van der Waals surface area contributed by atoms with Crippen LogP contribution in [0.1, 0.15) is 98.8 Å². The van der Waals surface area contributed by atoms with Crippen molar-refractivity contribution in [1.29, 1.82) is 0 Å². The fourth-order valence-electron chi connectivity index (χ4n) is 2.39. The van der Waals surface area contributed by atoms with Crippen LogP contribution in [0.3, 0.4) is 0 Å². The maximum absolute atomic E-state index is 11.9. The molecule has 0 spiro atoms. The molecule has 0 fully saturated rings. The molecule has 2 unspecified atom stereocenters. The van der Waals surface area contributed by atoms with Crippen molar-refractivity contribution >= 4 is 7.82 Å². The molecule has 26 heavy (non-hydrogen) atoms. The van der Waals surface area contributed by atoms with Crippen LogP contribution < -0.4 is 0 Å². The van der Waals surface area contributed by atoms with Crippen LogP contribution >= 0.6 is 7.82 Å². The zero-order valence-electron chi connectivity index (χ0n) is 17.9. The highest BCUT2D eigenvalue weighted by molar-refractivity contribution is 7.47. The average Bonchev–Trinajstić information content (AvgIpc) is 2.63. The first-order chi connectivity index (χ1) is 12.4. The van der Waals surface area contributed by atoms with Crippen LogP contribution in [0.15, 0.2) is 0 Å². The lowest BCUT2D eigenvalue weighted by Crippen LogP contribution is -2.12. The van der Waals surface area contributed by atoms with Crippen LogP contribution in [0.2, 0.25) is 0 Å². The van der Waals surface area contributed by atoms with E-state index in [0.29, 0.717) is 31.7 Å². The summed E-state index contributed by atoms with van der Waals surface area (Å²) in [6, 6.07) is 0. The van der Waals surface area contributed by atoms with Crippen LogP contribution in [0.5, 0.6) is 0 Å². The summed E-state index contributed by atoms with van der Waals surface area (Å²) in [5, 5.41) is 8.07. The minimum atomic E-state index is -3.89. The van der Waals surface area contributed by atoms with E-state index in [1.807, 2.05) is 0 Å². The van der Waals surface area contributed by atoms with Crippen molar-refractivity contribution in [1.82, 2.24) is 0 Å². The SMILES string of the molecule is CCCCC(CC)COP(=O)(O)OCC(CC)CCCC.CCCCO. The number of aliphatic hydroxyl groups excluding tert-OH is 1. The second kappa shape index (κ2) is 19.8. The fraction of sp³-hybridized carbons (Fsp3) is 1.00. The largest absolute Gasteiger partial charge is 0.472 e. The molecule has 0 aromatic rings. The summed E-state index contributed by atoms with van der Waals surface area (Å²) in [7, 11) is -3.89. The van der Waals surface area contributed by atoms with Crippen molar-refractivity contribution in [2.45, 2.75) is 98.8 Å². The highest BCUT2D eigenvalue weighted by Crippen LogP contribution is 2.44. The molecular formula is C20H45O5P. The summed E-state index contributed by atoms with van der Waals surface area (Å²) in [6.45, 7) is 11.5. The third kappa shape index (κ3) is 18.8. The van der Waals surface area contributed by atoms with Gasteiger partial charge < -0.3 is 10.00 Å². The molecule has 0 heterocycles. The van der Waals surface area contributed by atoms with E-state index in [1.165, 1.54) is 0 Å². The molecule has 0 bridgehead atoms. The van der Waals surface area contributed by atoms with Crippen LogP contribution in [0, 0.1) is 11.8 Å². The molecule has 0 rings (SSSR count). The number of hydrogen-bond acceptors (Lipinski definition) is 4. The van der Waals surface area contributed by atoms with Gasteiger partial charge in [-0.3, -0.25) is 9.05 Å². The van der Waals surface area contributed by atoms with Crippen LogP contribution in [-0.2, 0) is 13.6 Å². The van der Waals surface area contributed by atoms with E-state index in [1.54, 1.807) is 0 Å². The van der Waals surface area contributed by atoms with E-state index in [2.05, 4.69) is 34.6 Å². The van der Waals surface area contributed by atoms with Crippen LogP contribution in [0.25, 0.3) is 0 Å². The summed E-state index contributed by atoms with van der Waals surface area (Å²) < 4.78 is 22.2. The number of rotatable bonds is 16. The number of aliphatic hydroxyl groups is 1. The van der Waals surface area contributed by atoms with Gasteiger partial charge >= 0.3 is 7.82 Å². The fourth-order valence-corrected chi connectivity index (χ4v) is 3.26. The molecule has 0 aliphatic rings. The molecule has 160 valence electrons. The molecule has 0 saturated heterocycles. The molecule has 0 radical (unpaired) electrons. The van der Waals surface area contributed by atoms with Gasteiger partial charge in [-0.1, -0.05) is 79.6 Å². The quantitative estimate of drug-likeness (QED) is 0.298. The van der Waals surface area contributed by atoms with Gasteiger partial charge in [0.1, 0.15) is 0 Å². The Bertz CT molecular complexity index is 299. The first-order valence-corrected chi connectivity index (χ1v) is 12.1. The van der Waals surface area contributed by atoms with Crippen molar-refractivity contribution in [3.05, 3.63) is 0 Å². The monoisotopic (exact) mass is 396 g/mol. The minimum Gasteiger partial charge on any atom is -0.396 e. The molecule has 2 N–H and O–H groups in total. The van der Waals surface area contributed by atoms with E-state index in [-0.39, 0.29) is 0 Å². The summed E-state index contributed by atoms with van der Waals surface area (Å²) in [4.78, 5) is 9.77. The number of unbranched alkanes of at least 4 members (excludes halogenated alkanes) is 3. The van der Waals surface area contributed by atoms with Crippen LogP contribution in [0.4, 0.5) is 0 Å². The van der Waals surface area contributed by atoms with Crippen molar-refractivity contribution in [3.63, 3.8) is 0 Å². The molecule has 6 heteroatoms. The van der Waals surface area contributed by atoms with Gasteiger partial charge in [0.25, 0.3) is 0 Å². The number of phosphoric acid groups is 1. The predicted octanol–water partition coefficient (Wildman–Crippen LogP) is 6.33. The predicted molar refractivity (Wildman–Crippen MR) is 110 cm³/mol. The van der Waals surface area contributed by atoms with Gasteiger partial charge in [-0.2, -0.15) is 0 Å². The van der Waals surface area contributed by atoms with Crippen LogP contribution in [-0.4, -0.2) is 29.8 Å². The van der Waals surface area contributed by atoms with E-state index in [0.717, 1.165) is 64.2 Å². The standard InChI is InChI=1S/C16H35O4P.C4H10O/c1-5-9-11-15(7-3)13-19-21(17,18)20-14-16(8-4)12-10-6-2;1-2-3-4-5/h15-16H,5-14H2,1-4H3,(H,17,18);5H,2-4H2,1H3. The lowest BCUT2D eigenvalue weighted by molar-refractivity contribution is 0.110. The Kier molecular flexibility index (Phi) is 21.6. The Morgan fingerprint density at radius 1 is 0.769 bits per heavy atom. The average molecular weight is 397 g/mol. The van der Waals surface area contributed by atoms with Gasteiger partial charge in [0.15, 0.2) is 0 Å². The number of phosphoric ester groups is 1. The molecule has 0 amide bonds. The van der Waals surface area contributed by atoms with Gasteiger partial charge in [-0.05, 0) is 31.1 Å². The molecule has 0 aliphatic carbocycles.